The zero-order valence-electron chi connectivity index (χ0n) is 14.8. The fourth-order valence-corrected chi connectivity index (χ4v) is 5.00. The molecular weight excluding hydrogens is 308 g/mol. The zero-order valence-corrected chi connectivity index (χ0v) is 15.6. The lowest BCUT2D eigenvalue weighted by molar-refractivity contribution is -0.106. The topological polar surface area (TPSA) is 58.5 Å². The van der Waals surface area contributed by atoms with Crippen LogP contribution in [-0.4, -0.2) is 43.3 Å². The van der Waals surface area contributed by atoms with Crippen LogP contribution in [0.25, 0.3) is 0 Å². The van der Waals surface area contributed by atoms with Gasteiger partial charge in [-0.25, -0.2) is 4.98 Å². The molecule has 0 aromatic carbocycles. The van der Waals surface area contributed by atoms with Crippen molar-refractivity contribution in [3.05, 3.63) is 15.6 Å². The smallest absolute Gasteiger partial charge is 0.191 e. The van der Waals surface area contributed by atoms with Gasteiger partial charge in [-0.05, 0) is 20.3 Å². The van der Waals surface area contributed by atoms with Crippen LogP contribution in [-0.2, 0) is 11.2 Å². The summed E-state index contributed by atoms with van der Waals surface area (Å²) in [5.74, 6) is 1.52. The van der Waals surface area contributed by atoms with Crippen molar-refractivity contribution in [2.45, 2.75) is 52.7 Å². The number of nitrogens with zero attached hydrogens (tertiary/aromatic N) is 2. The van der Waals surface area contributed by atoms with Gasteiger partial charge < -0.3 is 15.4 Å². The van der Waals surface area contributed by atoms with Crippen LogP contribution in [0.3, 0.4) is 0 Å². The molecule has 23 heavy (non-hydrogen) atoms. The van der Waals surface area contributed by atoms with Crippen molar-refractivity contribution in [2.24, 2.45) is 16.3 Å². The molecule has 3 unspecified atom stereocenters. The molecule has 1 saturated carbocycles. The number of hydrogen-bond acceptors (Lipinski definition) is 4. The first-order valence-corrected chi connectivity index (χ1v) is 9.27. The first-order valence-electron chi connectivity index (χ1n) is 8.45. The molecule has 1 saturated heterocycles. The van der Waals surface area contributed by atoms with Crippen LogP contribution in [0.4, 0.5) is 0 Å². The van der Waals surface area contributed by atoms with E-state index in [1.54, 1.807) is 11.3 Å². The lowest BCUT2D eigenvalue weighted by atomic mass is 9.57. The molecule has 6 heteroatoms. The van der Waals surface area contributed by atoms with Crippen LogP contribution in [0.1, 0.15) is 35.8 Å². The fraction of sp³-hybridized carbons (Fsp3) is 0.765. The maximum atomic E-state index is 5.86. The number of ether oxygens (including phenoxy) is 1. The molecule has 1 aromatic heterocycles. The minimum absolute atomic E-state index is 0.171. The maximum absolute atomic E-state index is 5.86. The third-order valence-electron chi connectivity index (χ3n) is 5.26. The van der Waals surface area contributed by atoms with E-state index in [9.17, 15) is 0 Å². The first-order chi connectivity index (χ1) is 10.9. The average molecular weight is 337 g/mol. The van der Waals surface area contributed by atoms with Gasteiger partial charge in [-0.3, -0.25) is 4.99 Å². The summed E-state index contributed by atoms with van der Waals surface area (Å²) in [7, 11) is 1.84. The highest BCUT2D eigenvalue weighted by atomic mass is 32.1. The lowest BCUT2D eigenvalue weighted by Crippen LogP contribution is -2.68. The van der Waals surface area contributed by atoms with E-state index in [0.29, 0.717) is 18.1 Å². The van der Waals surface area contributed by atoms with Crippen molar-refractivity contribution >= 4 is 17.3 Å². The molecule has 3 rings (SSSR count). The van der Waals surface area contributed by atoms with E-state index in [4.69, 9.17) is 4.74 Å². The molecule has 3 atom stereocenters. The lowest BCUT2D eigenvalue weighted by Gasteiger charge is -2.54. The summed E-state index contributed by atoms with van der Waals surface area (Å²) in [6, 6.07) is 0.439. The summed E-state index contributed by atoms with van der Waals surface area (Å²) in [4.78, 5) is 10.2. The number of rotatable bonds is 4. The van der Waals surface area contributed by atoms with Gasteiger partial charge in [-0.1, -0.05) is 13.8 Å². The molecule has 2 N–H and O–H groups in total. The second kappa shape index (κ2) is 6.40. The monoisotopic (exact) mass is 336 g/mol. The molecule has 0 spiro atoms. The molecule has 2 fully saturated rings. The van der Waals surface area contributed by atoms with E-state index < -0.39 is 0 Å². The summed E-state index contributed by atoms with van der Waals surface area (Å²) in [5, 5.41) is 8.21. The number of guanidine groups is 1. The molecule has 5 nitrogen and oxygen atoms in total. The summed E-state index contributed by atoms with van der Waals surface area (Å²) < 4.78 is 5.86. The van der Waals surface area contributed by atoms with E-state index in [1.165, 1.54) is 4.88 Å². The van der Waals surface area contributed by atoms with E-state index >= 15 is 0 Å². The summed E-state index contributed by atoms with van der Waals surface area (Å²) in [6.45, 7) is 10.5. The Morgan fingerprint density at radius 2 is 2.22 bits per heavy atom. The standard InChI is InChI=1S/C17H28N4OS/c1-10-13(23-11(2)20-10)6-8-19-16(18-5)21-14-12-7-9-22-15(12)17(14,3)4/h12,14-15H,6-9H2,1-5H3,(H2,18,19,21). The number of nitrogens with one attached hydrogen (secondary N) is 2. The normalized spacial score (nSPS) is 29.1. The van der Waals surface area contributed by atoms with Crippen LogP contribution in [0.15, 0.2) is 4.99 Å². The Kier molecular flexibility index (Phi) is 4.65. The van der Waals surface area contributed by atoms with E-state index in [-0.39, 0.29) is 5.41 Å². The third-order valence-corrected chi connectivity index (χ3v) is 6.39. The van der Waals surface area contributed by atoms with Crippen LogP contribution in [0.5, 0.6) is 0 Å². The van der Waals surface area contributed by atoms with Gasteiger partial charge >= 0.3 is 0 Å². The number of fused-ring (bicyclic) bond motifs is 1. The Balaban J connectivity index is 1.52. The van der Waals surface area contributed by atoms with Crippen molar-refractivity contribution in [3.63, 3.8) is 0 Å². The van der Waals surface area contributed by atoms with Crippen LogP contribution in [0, 0.1) is 25.2 Å². The molecule has 1 aliphatic heterocycles. The van der Waals surface area contributed by atoms with E-state index in [1.807, 2.05) is 7.05 Å². The largest absolute Gasteiger partial charge is 0.377 e. The number of thiazole rings is 1. The molecular formula is C17H28N4OS. The van der Waals surface area contributed by atoms with Crippen molar-refractivity contribution in [3.8, 4) is 0 Å². The van der Waals surface area contributed by atoms with E-state index in [2.05, 4.69) is 48.3 Å². The Hall–Kier alpha value is -1.14. The predicted octanol–water partition coefficient (Wildman–Crippen LogP) is 2.28. The Morgan fingerprint density at radius 1 is 1.43 bits per heavy atom. The molecule has 1 aromatic rings. The number of hydrogen-bond donors (Lipinski definition) is 2. The Morgan fingerprint density at radius 3 is 2.87 bits per heavy atom. The summed E-state index contributed by atoms with van der Waals surface area (Å²) in [6.07, 6.45) is 2.55. The summed E-state index contributed by atoms with van der Waals surface area (Å²) in [5.41, 5.74) is 1.33. The van der Waals surface area contributed by atoms with Crippen molar-refractivity contribution < 1.29 is 4.74 Å². The second-order valence-electron chi connectivity index (χ2n) is 7.18. The van der Waals surface area contributed by atoms with Gasteiger partial charge in [0.2, 0.25) is 0 Å². The number of aryl methyl sites for hydroxylation is 2. The highest BCUT2D eigenvalue weighted by Crippen LogP contribution is 2.52. The Labute approximate surface area is 142 Å². The van der Waals surface area contributed by atoms with E-state index in [0.717, 1.165) is 42.7 Å². The Bertz CT molecular complexity index is 595. The van der Waals surface area contributed by atoms with Crippen molar-refractivity contribution in [1.29, 1.82) is 0 Å². The molecule has 2 heterocycles. The molecule has 0 amide bonds. The zero-order chi connectivity index (χ0) is 16.6. The summed E-state index contributed by atoms with van der Waals surface area (Å²) >= 11 is 1.79. The van der Waals surface area contributed by atoms with Gasteiger partial charge in [0.05, 0.1) is 16.8 Å². The van der Waals surface area contributed by atoms with Crippen LogP contribution < -0.4 is 10.6 Å². The van der Waals surface area contributed by atoms with Crippen LogP contribution in [0.2, 0.25) is 0 Å². The highest BCUT2D eigenvalue weighted by Gasteiger charge is 2.59. The molecule has 128 valence electrons. The molecule has 0 radical (unpaired) electrons. The SMILES string of the molecule is CN=C(NCCc1sc(C)nc1C)NC1C2CCOC2C1(C)C. The van der Waals surface area contributed by atoms with Crippen molar-refractivity contribution in [2.75, 3.05) is 20.2 Å². The number of aliphatic imine (C=N–C) groups is 1. The second-order valence-corrected chi connectivity index (χ2v) is 8.47. The minimum Gasteiger partial charge on any atom is -0.377 e. The van der Waals surface area contributed by atoms with Gasteiger partial charge in [0.1, 0.15) is 0 Å². The van der Waals surface area contributed by atoms with Gasteiger partial charge in [0.25, 0.3) is 0 Å². The van der Waals surface area contributed by atoms with Crippen LogP contribution >= 0.6 is 11.3 Å². The van der Waals surface area contributed by atoms with Gasteiger partial charge in [-0.15, -0.1) is 11.3 Å². The van der Waals surface area contributed by atoms with Gasteiger partial charge in [-0.2, -0.15) is 0 Å². The van der Waals surface area contributed by atoms with Gasteiger partial charge in [0.15, 0.2) is 5.96 Å². The maximum Gasteiger partial charge on any atom is 0.191 e. The quantitative estimate of drug-likeness (QED) is 0.654. The third kappa shape index (κ3) is 3.11. The molecule has 0 bridgehead atoms. The fourth-order valence-electron chi connectivity index (χ4n) is 4.06. The van der Waals surface area contributed by atoms with Gasteiger partial charge in [0, 0.05) is 48.9 Å². The average Bonchev–Trinajstić information content (AvgIpc) is 3.08. The molecule has 2 aliphatic rings. The number of aromatic nitrogens is 1. The molecule has 1 aliphatic carbocycles. The predicted molar refractivity (Wildman–Crippen MR) is 95.2 cm³/mol. The highest BCUT2D eigenvalue weighted by molar-refractivity contribution is 7.11. The minimum atomic E-state index is 0.171. The van der Waals surface area contributed by atoms with Crippen molar-refractivity contribution in [1.82, 2.24) is 15.6 Å². The first kappa shape index (κ1) is 16.7.